The number of aliphatic hydroxyl groups excluding tert-OH is 1. The molecule has 0 atom stereocenters. The van der Waals surface area contributed by atoms with Crippen molar-refractivity contribution in [3.05, 3.63) is 30.2 Å². The van der Waals surface area contributed by atoms with Crippen molar-refractivity contribution in [1.82, 2.24) is 24.8 Å². The molecule has 4 rings (SSSR count). The Labute approximate surface area is 187 Å². The Balaban J connectivity index is 1.47. The van der Waals surface area contributed by atoms with Gasteiger partial charge in [-0.2, -0.15) is 13.2 Å². The van der Waals surface area contributed by atoms with Gasteiger partial charge in [0.15, 0.2) is 0 Å². The van der Waals surface area contributed by atoms with Gasteiger partial charge in [-0.1, -0.05) is 0 Å². The third kappa shape index (κ3) is 5.00. The van der Waals surface area contributed by atoms with Gasteiger partial charge in [0.05, 0.1) is 24.1 Å². The third-order valence-electron chi connectivity index (χ3n) is 5.77. The molecule has 1 amide bonds. The highest BCUT2D eigenvalue weighted by atomic mass is 19.4. The zero-order chi connectivity index (χ0) is 23.6. The van der Waals surface area contributed by atoms with Gasteiger partial charge in [-0.15, -0.1) is 0 Å². The number of pyridine rings is 1. The van der Waals surface area contributed by atoms with Gasteiger partial charge in [0.2, 0.25) is 11.9 Å². The molecular weight excluding hydrogens is 439 g/mol. The van der Waals surface area contributed by atoms with E-state index in [-0.39, 0.29) is 30.0 Å². The quantitative estimate of drug-likeness (QED) is 0.442. The fourth-order valence-electron chi connectivity index (χ4n) is 3.92. The number of rotatable bonds is 6. The van der Waals surface area contributed by atoms with Gasteiger partial charge in [0, 0.05) is 49.4 Å². The van der Waals surface area contributed by atoms with Crippen LogP contribution in [0, 0.1) is 5.92 Å². The van der Waals surface area contributed by atoms with Gasteiger partial charge in [0.1, 0.15) is 11.3 Å². The van der Waals surface area contributed by atoms with Crippen LogP contribution in [0.5, 0.6) is 0 Å². The van der Waals surface area contributed by atoms with Crippen molar-refractivity contribution in [2.45, 2.75) is 25.4 Å². The SMILES string of the molecule is Nc1cnc(NCC2CCN(C(=O)CCO)CC2)nc1-c1c[nH]c2ncc(C(F)(F)F)cc12. The Bertz CT molecular complexity index is 1140. The van der Waals surface area contributed by atoms with Crippen LogP contribution in [0.4, 0.5) is 24.8 Å². The molecule has 176 valence electrons. The number of nitrogens with two attached hydrogens (primary N) is 1. The minimum atomic E-state index is -4.52. The number of carbonyl (C=O) groups is 1. The second-order valence-corrected chi connectivity index (χ2v) is 8.00. The average molecular weight is 463 g/mol. The lowest BCUT2D eigenvalue weighted by Gasteiger charge is -2.32. The Hall–Kier alpha value is -3.41. The second-order valence-electron chi connectivity index (χ2n) is 8.00. The van der Waals surface area contributed by atoms with Gasteiger partial charge in [-0.05, 0) is 24.8 Å². The summed E-state index contributed by atoms with van der Waals surface area (Å²) in [5.41, 5.74) is 6.43. The number of nitrogens with zero attached hydrogens (tertiary/aromatic N) is 4. The first-order valence-corrected chi connectivity index (χ1v) is 10.6. The van der Waals surface area contributed by atoms with E-state index < -0.39 is 11.7 Å². The van der Waals surface area contributed by atoms with Crippen LogP contribution in [0.25, 0.3) is 22.3 Å². The average Bonchev–Trinajstić information content (AvgIpc) is 3.21. The minimum Gasteiger partial charge on any atom is -0.396 e. The molecular formula is C21H24F3N7O2. The van der Waals surface area contributed by atoms with Crippen molar-refractivity contribution in [1.29, 1.82) is 0 Å². The lowest BCUT2D eigenvalue weighted by Crippen LogP contribution is -2.40. The zero-order valence-corrected chi connectivity index (χ0v) is 17.7. The number of hydrogen-bond acceptors (Lipinski definition) is 7. The van der Waals surface area contributed by atoms with Crippen LogP contribution in [0.1, 0.15) is 24.8 Å². The van der Waals surface area contributed by atoms with E-state index in [9.17, 15) is 18.0 Å². The summed E-state index contributed by atoms with van der Waals surface area (Å²) in [6.07, 6.45) is 0.957. The first-order valence-electron chi connectivity index (χ1n) is 10.6. The lowest BCUT2D eigenvalue weighted by atomic mass is 9.96. The second kappa shape index (κ2) is 9.22. The van der Waals surface area contributed by atoms with Crippen molar-refractivity contribution in [3.63, 3.8) is 0 Å². The molecule has 3 aromatic heterocycles. The minimum absolute atomic E-state index is 0.0441. The molecule has 0 unspecified atom stereocenters. The number of aromatic amines is 1. The lowest BCUT2D eigenvalue weighted by molar-refractivity contribution is -0.137. The molecule has 0 radical (unpaired) electrons. The molecule has 0 aromatic carbocycles. The van der Waals surface area contributed by atoms with Gasteiger partial charge < -0.3 is 26.0 Å². The van der Waals surface area contributed by atoms with Crippen LogP contribution in [-0.4, -0.2) is 62.1 Å². The first kappa shape index (κ1) is 22.8. The van der Waals surface area contributed by atoms with E-state index >= 15 is 0 Å². The van der Waals surface area contributed by atoms with Crippen LogP contribution in [0.3, 0.4) is 0 Å². The Morgan fingerprint density at radius 3 is 2.73 bits per heavy atom. The maximum Gasteiger partial charge on any atom is 0.417 e. The summed E-state index contributed by atoms with van der Waals surface area (Å²) < 4.78 is 39.4. The molecule has 0 aliphatic carbocycles. The molecule has 3 aromatic rings. The number of nitrogens with one attached hydrogen (secondary N) is 2. The molecule has 0 bridgehead atoms. The standard InChI is InChI=1S/C21H24F3N7O2/c22-21(23,24)13-7-14-15(10-27-19(14)26-9-13)18-16(25)11-29-20(30-18)28-8-12-1-4-31(5-2-12)17(33)3-6-32/h7,9-12,32H,1-6,8,25H2,(H,26,27)(H,28,29,30). The molecule has 0 saturated carbocycles. The molecule has 5 N–H and O–H groups in total. The van der Waals surface area contributed by atoms with Gasteiger partial charge in [-0.25, -0.2) is 15.0 Å². The summed E-state index contributed by atoms with van der Waals surface area (Å²) in [5, 5.41) is 12.3. The van der Waals surface area contributed by atoms with Crippen LogP contribution in [0.15, 0.2) is 24.7 Å². The number of nitrogen functional groups attached to an aromatic ring is 1. The Kier molecular flexibility index (Phi) is 6.36. The van der Waals surface area contributed by atoms with E-state index in [1.807, 2.05) is 0 Å². The summed E-state index contributed by atoms with van der Waals surface area (Å²) >= 11 is 0. The van der Waals surface area contributed by atoms with E-state index in [1.165, 1.54) is 12.4 Å². The molecule has 12 heteroatoms. The van der Waals surface area contributed by atoms with E-state index in [4.69, 9.17) is 10.8 Å². The van der Waals surface area contributed by atoms with Gasteiger partial charge in [-0.3, -0.25) is 4.79 Å². The van der Waals surface area contributed by atoms with E-state index in [0.717, 1.165) is 25.1 Å². The third-order valence-corrected chi connectivity index (χ3v) is 5.77. The number of likely N-dealkylation sites (tertiary alicyclic amines) is 1. The van der Waals surface area contributed by atoms with Gasteiger partial charge in [0.25, 0.3) is 0 Å². The maximum atomic E-state index is 13.1. The number of halogens is 3. The molecule has 1 aliphatic rings. The summed E-state index contributed by atoms with van der Waals surface area (Å²) in [6, 6.07) is 1.02. The molecule has 0 spiro atoms. The number of H-pyrrole nitrogens is 1. The van der Waals surface area contributed by atoms with Gasteiger partial charge >= 0.3 is 6.18 Å². The van der Waals surface area contributed by atoms with E-state index in [1.54, 1.807) is 4.90 Å². The van der Waals surface area contributed by atoms with Crippen molar-refractivity contribution in [2.24, 2.45) is 5.92 Å². The van der Waals surface area contributed by atoms with Crippen LogP contribution in [-0.2, 0) is 11.0 Å². The number of carbonyl (C=O) groups excluding carboxylic acids is 1. The Morgan fingerprint density at radius 1 is 1.27 bits per heavy atom. The molecule has 1 aliphatic heterocycles. The molecule has 1 saturated heterocycles. The van der Waals surface area contributed by atoms with Crippen LogP contribution < -0.4 is 11.1 Å². The monoisotopic (exact) mass is 463 g/mol. The van der Waals surface area contributed by atoms with Crippen molar-refractivity contribution < 1.29 is 23.1 Å². The normalized spacial score (nSPS) is 15.2. The highest BCUT2D eigenvalue weighted by Gasteiger charge is 2.31. The number of alkyl halides is 3. The van der Waals surface area contributed by atoms with Crippen molar-refractivity contribution >= 4 is 28.6 Å². The highest BCUT2D eigenvalue weighted by molar-refractivity contribution is 5.95. The topological polar surface area (TPSA) is 133 Å². The predicted octanol–water partition coefficient (Wildman–Crippen LogP) is 2.65. The number of piperidine rings is 1. The first-order chi connectivity index (χ1) is 15.8. The number of hydrogen-bond donors (Lipinski definition) is 4. The largest absolute Gasteiger partial charge is 0.417 e. The summed E-state index contributed by atoms with van der Waals surface area (Å²) in [7, 11) is 0. The molecule has 4 heterocycles. The van der Waals surface area contributed by atoms with E-state index in [2.05, 4.69) is 25.3 Å². The van der Waals surface area contributed by atoms with Crippen molar-refractivity contribution in [2.75, 3.05) is 37.3 Å². The fourth-order valence-corrected chi connectivity index (χ4v) is 3.92. The number of aliphatic hydroxyl groups is 1. The number of anilines is 2. The maximum absolute atomic E-state index is 13.1. The smallest absolute Gasteiger partial charge is 0.396 e. The van der Waals surface area contributed by atoms with Crippen LogP contribution >= 0.6 is 0 Å². The number of fused-ring (bicyclic) bond motifs is 1. The zero-order valence-electron chi connectivity index (χ0n) is 17.7. The fraction of sp³-hybridized carbons (Fsp3) is 0.429. The Morgan fingerprint density at radius 2 is 2.03 bits per heavy atom. The highest BCUT2D eigenvalue weighted by Crippen LogP contribution is 2.35. The number of aromatic nitrogens is 4. The summed E-state index contributed by atoms with van der Waals surface area (Å²) in [6.45, 7) is 1.69. The molecule has 1 fully saturated rings. The molecule has 33 heavy (non-hydrogen) atoms. The predicted molar refractivity (Wildman–Crippen MR) is 116 cm³/mol. The summed E-state index contributed by atoms with van der Waals surface area (Å²) in [5.74, 6) is 0.573. The van der Waals surface area contributed by atoms with E-state index in [0.29, 0.717) is 48.4 Å². The summed E-state index contributed by atoms with van der Waals surface area (Å²) in [4.78, 5) is 29.0. The van der Waals surface area contributed by atoms with Crippen molar-refractivity contribution in [3.8, 4) is 11.3 Å². The van der Waals surface area contributed by atoms with Crippen LogP contribution in [0.2, 0.25) is 0 Å². The number of amides is 1. The molecule has 9 nitrogen and oxygen atoms in total.